The van der Waals surface area contributed by atoms with Crippen molar-refractivity contribution in [2.75, 3.05) is 61.9 Å². The van der Waals surface area contributed by atoms with E-state index in [0.717, 1.165) is 60.3 Å². The van der Waals surface area contributed by atoms with Gasteiger partial charge >= 0.3 is 6.03 Å². The molecule has 2 fully saturated rings. The molecule has 3 aromatic rings. The predicted octanol–water partition coefficient (Wildman–Crippen LogP) is 2.55. The number of thiazole rings is 1. The van der Waals surface area contributed by atoms with Crippen molar-refractivity contribution in [2.45, 2.75) is 26.4 Å². The Kier molecular flexibility index (Phi) is 6.48. The van der Waals surface area contributed by atoms with Crippen LogP contribution in [0.15, 0.2) is 23.7 Å². The number of morpholine rings is 1. The van der Waals surface area contributed by atoms with E-state index < -0.39 is 0 Å². The maximum Gasteiger partial charge on any atom is 0.321 e. The second kappa shape index (κ2) is 9.69. The summed E-state index contributed by atoms with van der Waals surface area (Å²) in [5, 5.41) is 3.10. The number of carbonyl (C=O) groups is 1. The number of nitrogens with one attached hydrogen (secondary N) is 1. The summed E-state index contributed by atoms with van der Waals surface area (Å²) >= 11 is 1.45. The molecule has 0 saturated carbocycles. The van der Waals surface area contributed by atoms with Crippen LogP contribution in [-0.4, -0.2) is 82.8 Å². The van der Waals surface area contributed by atoms with E-state index in [9.17, 15) is 4.79 Å². The van der Waals surface area contributed by atoms with Crippen molar-refractivity contribution in [3.8, 4) is 0 Å². The SMILES string of the molecule is Cc1cc(CN2CCOCC2)ccc1NC(=O)N1CCN(c2nc(N)nc3scnc23)[C@@H](C)C1. The van der Waals surface area contributed by atoms with Gasteiger partial charge in [0, 0.05) is 51.0 Å². The fourth-order valence-electron chi connectivity index (χ4n) is 4.60. The molecule has 34 heavy (non-hydrogen) atoms. The van der Waals surface area contributed by atoms with Crippen LogP contribution in [0.3, 0.4) is 0 Å². The summed E-state index contributed by atoms with van der Waals surface area (Å²) in [6.45, 7) is 10.3. The lowest BCUT2D eigenvalue weighted by Crippen LogP contribution is -2.55. The van der Waals surface area contributed by atoms with Crippen LogP contribution in [0.4, 0.5) is 22.2 Å². The molecule has 0 aliphatic carbocycles. The first-order valence-corrected chi connectivity index (χ1v) is 12.4. The van der Waals surface area contributed by atoms with Gasteiger partial charge in [-0.1, -0.05) is 12.1 Å². The summed E-state index contributed by atoms with van der Waals surface area (Å²) in [5.74, 6) is 0.981. The largest absolute Gasteiger partial charge is 0.379 e. The number of aromatic nitrogens is 3. The number of amides is 2. The molecule has 1 atom stereocenters. The molecular formula is C23H30N8O2S. The average Bonchev–Trinajstić information content (AvgIpc) is 3.29. The third-order valence-electron chi connectivity index (χ3n) is 6.43. The van der Waals surface area contributed by atoms with Gasteiger partial charge < -0.3 is 25.6 Å². The summed E-state index contributed by atoms with van der Waals surface area (Å²) in [6.07, 6.45) is 0. The van der Waals surface area contributed by atoms with Crippen LogP contribution in [0, 0.1) is 6.92 Å². The van der Waals surface area contributed by atoms with Crippen molar-refractivity contribution >= 4 is 45.2 Å². The van der Waals surface area contributed by atoms with Gasteiger partial charge in [0.2, 0.25) is 5.95 Å². The molecule has 180 valence electrons. The number of carbonyl (C=O) groups excluding carboxylic acids is 1. The van der Waals surface area contributed by atoms with Gasteiger partial charge in [-0.25, -0.2) is 14.8 Å². The zero-order chi connectivity index (χ0) is 23.7. The number of nitrogen functional groups attached to an aromatic ring is 1. The number of nitrogens with zero attached hydrogens (tertiary/aromatic N) is 6. The Morgan fingerprint density at radius 2 is 2.06 bits per heavy atom. The van der Waals surface area contributed by atoms with E-state index in [-0.39, 0.29) is 18.0 Å². The molecule has 2 saturated heterocycles. The van der Waals surface area contributed by atoms with Crippen molar-refractivity contribution < 1.29 is 9.53 Å². The van der Waals surface area contributed by atoms with Crippen LogP contribution >= 0.6 is 11.3 Å². The highest BCUT2D eigenvalue weighted by Gasteiger charge is 2.30. The van der Waals surface area contributed by atoms with E-state index in [2.05, 4.69) is 49.1 Å². The molecule has 0 unspecified atom stereocenters. The monoisotopic (exact) mass is 482 g/mol. The molecule has 4 heterocycles. The molecule has 0 spiro atoms. The standard InChI is InChI=1S/C23H30N8O2S/c1-15-11-17(13-29-7-9-33-10-8-29)3-4-18(15)26-23(32)30-5-6-31(16(2)12-30)20-19-21(34-14-25-19)28-22(24)27-20/h3-4,11,14,16H,5-10,12-13H2,1-2H3,(H,26,32)(H2,24,27,28)/t16-/m0/s1. The Labute approximate surface area is 202 Å². The van der Waals surface area contributed by atoms with Crippen molar-refractivity contribution in [3.63, 3.8) is 0 Å². The summed E-state index contributed by atoms with van der Waals surface area (Å²) in [4.78, 5) is 33.4. The number of benzene rings is 1. The van der Waals surface area contributed by atoms with Crippen LogP contribution in [0.2, 0.25) is 0 Å². The molecule has 11 heteroatoms. The molecule has 3 N–H and O–H groups in total. The average molecular weight is 483 g/mol. The van der Waals surface area contributed by atoms with Gasteiger partial charge in [-0.05, 0) is 31.0 Å². The number of hydrogen-bond acceptors (Lipinski definition) is 9. The molecule has 2 aliphatic heterocycles. The molecule has 2 aliphatic rings. The topological polar surface area (TPSA) is 113 Å². The number of ether oxygens (including phenoxy) is 1. The Morgan fingerprint density at radius 1 is 1.24 bits per heavy atom. The third kappa shape index (κ3) is 4.77. The van der Waals surface area contributed by atoms with E-state index in [1.807, 2.05) is 17.9 Å². The van der Waals surface area contributed by atoms with E-state index in [1.165, 1.54) is 16.9 Å². The number of rotatable bonds is 4. The third-order valence-corrected chi connectivity index (χ3v) is 7.14. The van der Waals surface area contributed by atoms with Crippen LogP contribution in [0.25, 0.3) is 10.3 Å². The number of aryl methyl sites for hydroxylation is 1. The number of nitrogens with two attached hydrogens (primary N) is 1. The first kappa shape index (κ1) is 22.8. The van der Waals surface area contributed by atoms with Crippen LogP contribution in [0.5, 0.6) is 0 Å². The Morgan fingerprint density at radius 3 is 2.82 bits per heavy atom. The van der Waals surface area contributed by atoms with Crippen molar-refractivity contribution in [2.24, 2.45) is 0 Å². The molecule has 0 bridgehead atoms. The van der Waals surface area contributed by atoms with Gasteiger partial charge in [0.15, 0.2) is 10.6 Å². The summed E-state index contributed by atoms with van der Waals surface area (Å²) < 4.78 is 5.43. The summed E-state index contributed by atoms with van der Waals surface area (Å²) in [5.41, 5.74) is 11.6. The van der Waals surface area contributed by atoms with Crippen molar-refractivity contribution in [3.05, 3.63) is 34.8 Å². The van der Waals surface area contributed by atoms with Gasteiger partial charge in [0.25, 0.3) is 0 Å². The van der Waals surface area contributed by atoms with Crippen molar-refractivity contribution in [1.29, 1.82) is 0 Å². The normalized spacial score (nSPS) is 19.5. The molecule has 2 aromatic heterocycles. The van der Waals surface area contributed by atoms with E-state index >= 15 is 0 Å². The zero-order valence-electron chi connectivity index (χ0n) is 19.5. The fraction of sp³-hybridized carbons (Fsp3) is 0.478. The molecule has 5 rings (SSSR count). The zero-order valence-corrected chi connectivity index (χ0v) is 20.3. The minimum Gasteiger partial charge on any atom is -0.379 e. The molecule has 1 aromatic carbocycles. The number of anilines is 3. The highest BCUT2D eigenvalue weighted by atomic mass is 32.1. The van der Waals surface area contributed by atoms with Gasteiger partial charge in [-0.3, -0.25) is 4.90 Å². The second-order valence-electron chi connectivity index (χ2n) is 8.87. The summed E-state index contributed by atoms with van der Waals surface area (Å²) in [7, 11) is 0. The lowest BCUT2D eigenvalue weighted by Gasteiger charge is -2.40. The van der Waals surface area contributed by atoms with Crippen LogP contribution < -0.4 is 16.0 Å². The molecule has 0 radical (unpaired) electrons. The number of hydrogen-bond donors (Lipinski definition) is 2. The Hall–Kier alpha value is -3.02. The van der Waals surface area contributed by atoms with E-state index in [1.54, 1.807) is 5.51 Å². The Balaban J connectivity index is 1.22. The van der Waals surface area contributed by atoms with E-state index in [4.69, 9.17) is 10.5 Å². The first-order valence-electron chi connectivity index (χ1n) is 11.6. The quantitative estimate of drug-likeness (QED) is 0.583. The summed E-state index contributed by atoms with van der Waals surface area (Å²) in [6, 6.07) is 6.24. The first-order chi connectivity index (χ1) is 16.5. The van der Waals surface area contributed by atoms with Crippen LogP contribution in [-0.2, 0) is 11.3 Å². The second-order valence-corrected chi connectivity index (χ2v) is 9.70. The lowest BCUT2D eigenvalue weighted by atomic mass is 10.1. The van der Waals surface area contributed by atoms with Gasteiger partial charge in [0.05, 0.1) is 18.7 Å². The highest BCUT2D eigenvalue weighted by Crippen LogP contribution is 2.29. The van der Waals surface area contributed by atoms with Gasteiger partial charge in [0.1, 0.15) is 5.52 Å². The number of urea groups is 1. The maximum absolute atomic E-state index is 13.1. The minimum atomic E-state index is -0.0865. The molecule has 10 nitrogen and oxygen atoms in total. The Bertz CT molecular complexity index is 1180. The highest BCUT2D eigenvalue weighted by molar-refractivity contribution is 7.16. The minimum absolute atomic E-state index is 0.0655. The van der Waals surface area contributed by atoms with Gasteiger partial charge in [-0.2, -0.15) is 4.98 Å². The molecule has 2 amide bonds. The predicted molar refractivity (Wildman–Crippen MR) is 134 cm³/mol. The van der Waals surface area contributed by atoms with E-state index in [0.29, 0.717) is 19.6 Å². The van der Waals surface area contributed by atoms with Crippen molar-refractivity contribution in [1.82, 2.24) is 24.8 Å². The fourth-order valence-corrected chi connectivity index (χ4v) is 5.26. The molecular weight excluding hydrogens is 452 g/mol. The lowest BCUT2D eigenvalue weighted by molar-refractivity contribution is 0.0342. The number of piperazine rings is 1. The smallest absolute Gasteiger partial charge is 0.321 e. The van der Waals surface area contributed by atoms with Crippen LogP contribution in [0.1, 0.15) is 18.1 Å². The maximum atomic E-state index is 13.1. The van der Waals surface area contributed by atoms with Gasteiger partial charge in [-0.15, -0.1) is 11.3 Å². The number of fused-ring (bicyclic) bond motifs is 1.